The number of imidazole rings is 1. The van der Waals surface area contributed by atoms with E-state index in [-0.39, 0.29) is 6.10 Å². The van der Waals surface area contributed by atoms with E-state index in [9.17, 15) is 0 Å². The van der Waals surface area contributed by atoms with Crippen molar-refractivity contribution in [3.8, 4) is 0 Å². The Labute approximate surface area is 113 Å². The summed E-state index contributed by atoms with van der Waals surface area (Å²) in [5.74, 6) is 1.33. The minimum Gasteiger partial charge on any atom is -0.377 e. The van der Waals surface area contributed by atoms with Gasteiger partial charge in [0.05, 0.1) is 29.6 Å². The van der Waals surface area contributed by atoms with Crippen molar-refractivity contribution in [3.63, 3.8) is 0 Å². The third-order valence-electron chi connectivity index (χ3n) is 3.06. The number of para-hydroxylation sites is 1. The Morgan fingerprint density at radius 1 is 1.44 bits per heavy atom. The third-order valence-corrected chi connectivity index (χ3v) is 3.30. The van der Waals surface area contributed by atoms with Crippen molar-refractivity contribution in [2.75, 3.05) is 6.61 Å². The number of benzene rings is 1. The van der Waals surface area contributed by atoms with Gasteiger partial charge in [-0.2, -0.15) is 0 Å². The van der Waals surface area contributed by atoms with Gasteiger partial charge in [-0.25, -0.2) is 4.98 Å². The van der Waals surface area contributed by atoms with Crippen LogP contribution in [0.2, 0.25) is 0 Å². The fraction of sp³-hybridized carbons (Fsp3) is 0.500. The Kier molecular flexibility index (Phi) is 4.25. The summed E-state index contributed by atoms with van der Waals surface area (Å²) in [5.41, 5.74) is 3.40. The van der Waals surface area contributed by atoms with Crippen LogP contribution in [-0.2, 0) is 17.2 Å². The number of rotatable bonds is 5. The van der Waals surface area contributed by atoms with Crippen molar-refractivity contribution in [2.45, 2.75) is 39.3 Å². The molecule has 0 aliphatic rings. The molecule has 0 aliphatic carbocycles. The average Bonchev–Trinajstić information content (AvgIpc) is 2.69. The lowest BCUT2D eigenvalue weighted by Crippen LogP contribution is -2.18. The van der Waals surface area contributed by atoms with Gasteiger partial charge in [0, 0.05) is 6.61 Å². The van der Waals surface area contributed by atoms with Crippen LogP contribution in [0.4, 0.5) is 0 Å². The summed E-state index contributed by atoms with van der Waals surface area (Å²) in [5, 5.41) is 0. The molecule has 0 bridgehead atoms. The molecule has 2 rings (SSSR count). The number of nitrogens with zero attached hydrogens (tertiary/aromatic N) is 2. The van der Waals surface area contributed by atoms with Crippen LogP contribution in [0.5, 0.6) is 0 Å². The predicted octanol–water partition coefficient (Wildman–Crippen LogP) is 3.51. The zero-order chi connectivity index (χ0) is 13.1. The molecule has 0 spiro atoms. The summed E-state index contributed by atoms with van der Waals surface area (Å²) in [6, 6.07) is 6.16. The molecule has 0 saturated carbocycles. The molecular weight excluding hydrogens is 248 g/mol. The molecule has 2 aromatic rings. The van der Waals surface area contributed by atoms with Crippen LogP contribution < -0.4 is 0 Å². The van der Waals surface area contributed by atoms with Gasteiger partial charge in [-0.3, -0.25) is 0 Å². The van der Waals surface area contributed by atoms with Crippen LogP contribution in [0.3, 0.4) is 0 Å². The van der Waals surface area contributed by atoms with Crippen LogP contribution in [0.1, 0.15) is 25.2 Å². The fourth-order valence-corrected chi connectivity index (χ4v) is 2.51. The maximum atomic E-state index is 5.99. The Bertz CT molecular complexity index is 536. The zero-order valence-electron chi connectivity index (χ0n) is 11.1. The van der Waals surface area contributed by atoms with E-state index >= 15 is 0 Å². The van der Waals surface area contributed by atoms with E-state index < -0.39 is 0 Å². The summed E-state index contributed by atoms with van der Waals surface area (Å²) in [6.45, 7) is 7.70. The van der Waals surface area contributed by atoms with Crippen LogP contribution in [-0.4, -0.2) is 22.3 Å². The van der Waals surface area contributed by atoms with E-state index in [1.165, 1.54) is 11.1 Å². The van der Waals surface area contributed by atoms with E-state index in [1.807, 2.05) is 19.1 Å². The monoisotopic (exact) mass is 266 g/mol. The highest BCUT2D eigenvalue weighted by Gasteiger charge is 2.14. The number of aromatic nitrogens is 2. The molecule has 1 unspecified atom stereocenters. The van der Waals surface area contributed by atoms with E-state index in [0.717, 1.165) is 24.5 Å². The molecular formula is C14H19ClN2O. The first-order valence-electron chi connectivity index (χ1n) is 6.29. The lowest BCUT2D eigenvalue weighted by Gasteiger charge is -2.15. The Morgan fingerprint density at radius 3 is 2.89 bits per heavy atom. The molecule has 0 fully saturated rings. The van der Waals surface area contributed by atoms with Crippen molar-refractivity contribution in [2.24, 2.45) is 0 Å². The standard InChI is InChI=1S/C14H19ClN2O/c1-4-18-11(3)9-17-13(8-15)16-12-7-5-6-10(2)14(12)17/h5-7,11H,4,8-9H2,1-3H3. The Hall–Kier alpha value is -1.06. The van der Waals surface area contributed by atoms with Gasteiger partial charge in [-0.1, -0.05) is 12.1 Å². The van der Waals surface area contributed by atoms with Crippen molar-refractivity contribution in [3.05, 3.63) is 29.6 Å². The number of hydrogen-bond acceptors (Lipinski definition) is 2. The van der Waals surface area contributed by atoms with Crippen molar-refractivity contribution < 1.29 is 4.74 Å². The number of hydrogen-bond donors (Lipinski definition) is 0. The highest BCUT2D eigenvalue weighted by molar-refractivity contribution is 6.16. The van der Waals surface area contributed by atoms with E-state index in [1.54, 1.807) is 0 Å². The summed E-state index contributed by atoms with van der Waals surface area (Å²) in [4.78, 5) is 4.58. The second-order valence-corrected chi connectivity index (χ2v) is 4.75. The summed E-state index contributed by atoms with van der Waals surface area (Å²) >= 11 is 5.99. The molecule has 1 aromatic carbocycles. The average molecular weight is 267 g/mol. The van der Waals surface area contributed by atoms with E-state index in [4.69, 9.17) is 16.3 Å². The number of ether oxygens (including phenoxy) is 1. The molecule has 0 N–H and O–H groups in total. The molecule has 98 valence electrons. The zero-order valence-corrected chi connectivity index (χ0v) is 11.9. The van der Waals surface area contributed by atoms with Crippen molar-refractivity contribution >= 4 is 22.6 Å². The molecule has 4 heteroatoms. The quantitative estimate of drug-likeness (QED) is 0.775. The Morgan fingerprint density at radius 2 is 2.22 bits per heavy atom. The lowest BCUT2D eigenvalue weighted by atomic mass is 10.2. The molecule has 0 amide bonds. The van der Waals surface area contributed by atoms with E-state index in [0.29, 0.717) is 5.88 Å². The molecule has 0 saturated heterocycles. The molecule has 0 radical (unpaired) electrons. The number of halogens is 1. The SMILES string of the molecule is CCOC(C)Cn1c(CCl)nc2cccc(C)c21. The van der Waals surface area contributed by atoms with Crippen LogP contribution in [0, 0.1) is 6.92 Å². The minimum atomic E-state index is 0.161. The maximum Gasteiger partial charge on any atom is 0.124 e. The molecule has 0 aliphatic heterocycles. The van der Waals surface area contributed by atoms with Crippen LogP contribution in [0.25, 0.3) is 11.0 Å². The van der Waals surface area contributed by atoms with Crippen molar-refractivity contribution in [1.82, 2.24) is 9.55 Å². The second kappa shape index (κ2) is 5.72. The molecule has 1 heterocycles. The van der Waals surface area contributed by atoms with Crippen molar-refractivity contribution in [1.29, 1.82) is 0 Å². The predicted molar refractivity (Wildman–Crippen MR) is 75.1 cm³/mol. The van der Waals surface area contributed by atoms with Gasteiger partial charge in [-0.05, 0) is 32.4 Å². The largest absolute Gasteiger partial charge is 0.377 e. The Balaban J connectivity index is 2.46. The van der Waals surface area contributed by atoms with Gasteiger partial charge in [-0.15, -0.1) is 11.6 Å². The first kappa shape index (κ1) is 13.4. The minimum absolute atomic E-state index is 0.161. The van der Waals surface area contributed by atoms with Gasteiger partial charge in [0.2, 0.25) is 0 Å². The van der Waals surface area contributed by atoms with Crippen LogP contribution >= 0.6 is 11.6 Å². The van der Waals surface area contributed by atoms with Gasteiger partial charge >= 0.3 is 0 Å². The van der Waals surface area contributed by atoms with Gasteiger partial charge in [0.15, 0.2) is 0 Å². The number of aryl methyl sites for hydroxylation is 1. The topological polar surface area (TPSA) is 27.1 Å². The maximum absolute atomic E-state index is 5.99. The summed E-state index contributed by atoms with van der Waals surface area (Å²) in [7, 11) is 0. The van der Waals surface area contributed by atoms with Crippen LogP contribution in [0.15, 0.2) is 18.2 Å². The molecule has 1 atom stereocenters. The molecule has 1 aromatic heterocycles. The normalized spacial score (nSPS) is 13.1. The smallest absolute Gasteiger partial charge is 0.124 e. The molecule has 3 nitrogen and oxygen atoms in total. The third kappa shape index (κ3) is 2.52. The fourth-order valence-electron chi connectivity index (χ4n) is 2.31. The first-order valence-corrected chi connectivity index (χ1v) is 6.83. The highest BCUT2D eigenvalue weighted by Crippen LogP contribution is 2.21. The van der Waals surface area contributed by atoms with Gasteiger partial charge in [0.25, 0.3) is 0 Å². The highest BCUT2D eigenvalue weighted by atomic mass is 35.5. The number of fused-ring (bicyclic) bond motifs is 1. The second-order valence-electron chi connectivity index (χ2n) is 4.48. The number of alkyl halides is 1. The molecule has 18 heavy (non-hydrogen) atoms. The first-order chi connectivity index (χ1) is 8.67. The van der Waals surface area contributed by atoms with E-state index in [2.05, 4.69) is 29.5 Å². The van der Waals surface area contributed by atoms with Gasteiger partial charge in [0.1, 0.15) is 5.82 Å². The summed E-state index contributed by atoms with van der Waals surface area (Å²) < 4.78 is 7.79. The van der Waals surface area contributed by atoms with Gasteiger partial charge < -0.3 is 9.30 Å². The summed E-state index contributed by atoms with van der Waals surface area (Å²) in [6.07, 6.45) is 0.161. The lowest BCUT2D eigenvalue weighted by molar-refractivity contribution is 0.0643.